The summed E-state index contributed by atoms with van der Waals surface area (Å²) in [6.45, 7) is 1.94. The summed E-state index contributed by atoms with van der Waals surface area (Å²) in [5, 5.41) is 23.3. The number of hydrogen-bond donors (Lipinski definition) is 3. The maximum Gasteiger partial charge on any atom is 0.326 e. The van der Waals surface area contributed by atoms with Crippen molar-refractivity contribution in [2.24, 2.45) is 0 Å². The summed E-state index contributed by atoms with van der Waals surface area (Å²) in [7, 11) is 0. The Balaban J connectivity index is 1.92. The fraction of sp³-hybridized carbons (Fsp3) is 0.538. The van der Waals surface area contributed by atoms with Crippen molar-refractivity contribution in [3.8, 4) is 0 Å². The van der Waals surface area contributed by atoms with Crippen molar-refractivity contribution in [1.29, 1.82) is 0 Å². The summed E-state index contributed by atoms with van der Waals surface area (Å²) in [6, 6.07) is 2.48. The average molecular weight is 298 g/mol. The number of likely N-dealkylation sites (tertiary alicyclic amines) is 1. The maximum atomic E-state index is 12.1. The highest BCUT2D eigenvalue weighted by atomic mass is 32.1. The largest absolute Gasteiger partial charge is 0.480 e. The van der Waals surface area contributed by atoms with Gasteiger partial charge >= 0.3 is 12.0 Å². The van der Waals surface area contributed by atoms with Crippen LogP contribution in [0.25, 0.3) is 0 Å². The van der Waals surface area contributed by atoms with E-state index in [4.69, 9.17) is 5.11 Å². The van der Waals surface area contributed by atoms with Gasteiger partial charge < -0.3 is 20.4 Å². The molecule has 1 fully saturated rings. The molecule has 1 aromatic heterocycles. The van der Waals surface area contributed by atoms with E-state index in [1.54, 1.807) is 11.3 Å². The molecule has 0 aromatic carbocycles. The minimum absolute atomic E-state index is 0.0640. The highest BCUT2D eigenvalue weighted by Gasteiger charge is 2.39. The molecule has 6 nitrogen and oxygen atoms in total. The van der Waals surface area contributed by atoms with E-state index in [2.05, 4.69) is 5.32 Å². The first-order valence-corrected chi connectivity index (χ1v) is 7.35. The van der Waals surface area contributed by atoms with Crippen molar-refractivity contribution in [3.63, 3.8) is 0 Å². The second-order valence-electron chi connectivity index (χ2n) is 5.03. The Morgan fingerprint density at radius 3 is 2.95 bits per heavy atom. The first-order valence-electron chi connectivity index (χ1n) is 6.47. The number of carboxylic acid groups (broad SMARTS) is 1. The number of thiophene rings is 1. The van der Waals surface area contributed by atoms with Crippen LogP contribution in [0.3, 0.4) is 0 Å². The Labute approximate surface area is 121 Å². The van der Waals surface area contributed by atoms with Gasteiger partial charge in [0.2, 0.25) is 0 Å². The average Bonchev–Trinajstić information content (AvgIpc) is 2.97. The summed E-state index contributed by atoms with van der Waals surface area (Å²) in [5.41, 5.74) is 0. The van der Waals surface area contributed by atoms with E-state index < -0.39 is 24.1 Å². The molecule has 7 heteroatoms. The second-order valence-corrected chi connectivity index (χ2v) is 6.06. The van der Waals surface area contributed by atoms with Gasteiger partial charge in [-0.3, -0.25) is 0 Å². The topological polar surface area (TPSA) is 89.9 Å². The molecule has 2 heterocycles. The smallest absolute Gasteiger partial charge is 0.326 e. The van der Waals surface area contributed by atoms with Gasteiger partial charge in [0.1, 0.15) is 6.04 Å². The van der Waals surface area contributed by atoms with Crippen LogP contribution in [-0.4, -0.2) is 51.8 Å². The minimum atomic E-state index is -1.08. The number of rotatable bonds is 4. The van der Waals surface area contributed by atoms with E-state index in [9.17, 15) is 14.7 Å². The minimum Gasteiger partial charge on any atom is -0.480 e. The van der Waals surface area contributed by atoms with Gasteiger partial charge in [0.25, 0.3) is 0 Å². The molecule has 2 amide bonds. The number of nitrogens with zero attached hydrogens (tertiary/aromatic N) is 1. The normalized spacial score (nSPS) is 23.6. The van der Waals surface area contributed by atoms with Crippen LogP contribution in [-0.2, 0) is 11.2 Å². The zero-order valence-corrected chi connectivity index (χ0v) is 12.0. The van der Waals surface area contributed by atoms with Crippen molar-refractivity contribution in [2.75, 3.05) is 6.54 Å². The number of urea groups is 1. The molecular weight excluding hydrogens is 280 g/mol. The van der Waals surface area contributed by atoms with E-state index in [0.29, 0.717) is 6.42 Å². The first kappa shape index (κ1) is 14.8. The number of aliphatic hydroxyl groups excluding tert-OH is 1. The van der Waals surface area contributed by atoms with Gasteiger partial charge in [-0.1, -0.05) is 6.07 Å². The molecule has 1 unspecified atom stereocenters. The van der Waals surface area contributed by atoms with Gasteiger partial charge in [-0.25, -0.2) is 9.59 Å². The molecule has 3 N–H and O–H groups in total. The first-order chi connectivity index (χ1) is 9.47. The van der Waals surface area contributed by atoms with Crippen LogP contribution in [0.15, 0.2) is 17.5 Å². The Kier molecular flexibility index (Phi) is 4.61. The zero-order chi connectivity index (χ0) is 14.7. The van der Waals surface area contributed by atoms with Gasteiger partial charge in [-0.15, -0.1) is 11.3 Å². The lowest BCUT2D eigenvalue weighted by atomic mass is 10.2. The van der Waals surface area contributed by atoms with Crippen LogP contribution in [0, 0.1) is 0 Å². The van der Waals surface area contributed by atoms with Crippen LogP contribution in [0.2, 0.25) is 0 Å². The highest BCUT2D eigenvalue weighted by molar-refractivity contribution is 7.09. The quantitative estimate of drug-likeness (QED) is 0.770. The molecule has 0 radical (unpaired) electrons. The van der Waals surface area contributed by atoms with Gasteiger partial charge in [-0.2, -0.15) is 0 Å². The van der Waals surface area contributed by atoms with Crippen molar-refractivity contribution in [1.82, 2.24) is 10.2 Å². The molecule has 0 saturated carbocycles. The molecule has 1 aliphatic heterocycles. The SMILES string of the molecule is CC(Cc1cccs1)NC(=O)N1C[C@H](O)C[C@H]1C(=O)O. The van der Waals surface area contributed by atoms with Crippen LogP contribution >= 0.6 is 11.3 Å². The van der Waals surface area contributed by atoms with E-state index in [1.165, 1.54) is 4.90 Å². The lowest BCUT2D eigenvalue weighted by molar-refractivity contribution is -0.141. The van der Waals surface area contributed by atoms with E-state index in [1.807, 2.05) is 24.4 Å². The molecule has 110 valence electrons. The van der Waals surface area contributed by atoms with Crippen LogP contribution < -0.4 is 5.32 Å². The standard InChI is InChI=1S/C13H18N2O4S/c1-8(5-10-3-2-4-20-10)14-13(19)15-7-9(16)6-11(15)12(17)18/h2-4,8-9,11,16H,5-7H2,1H3,(H,14,19)(H,17,18)/t8?,9-,11+/m1/s1. The lowest BCUT2D eigenvalue weighted by Gasteiger charge is -2.24. The maximum absolute atomic E-state index is 12.1. The number of carbonyl (C=O) groups is 2. The van der Waals surface area contributed by atoms with Crippen molar-refractivity contribution in [2.45, 2.75) is 38.0 Å². The monoisotopic (exact) mass is 298 g/mol. The molecule has 1 saturated heterocycles. The van der Waals surface area contributed by atoms with Crippen molar-refractivity contribution < 1.29 is 19.8 Å². The Bertz CT molecular complexity index is 477. The van der Waals surface area contributed by atoms with Crippen molar-refractivity contribution in [3.05, 3.63) is 22.4 Å². The van der Waals surface area contributed by atoms with E-state index in [-0.39, 0.29) is 19.0 Å². The van der Waals surface area contributed by atoms with Crippen LogP contribution in [0.1, 0.15) is 18.2 Å². The molecule has 20 heavy (non-hydrogen) atoms. The molecule has 0 bridgehead atoms. The van der Waals surface area contributed by atoms with Gasteiger partial charge in [0, 0.05) is 30.3 Å². The number of carboxylic acids is 1. The molecule has 3 atom stereocenters. The van der Waals surface area contributed by atoms with Gasteiger partial charge in [-0.05, 0) is 18.4 Å². The van der Waals surface area contributed by atoms with Crippen LogP contribution in [0.5, 0.6) is 0 Å². The lowest BCUT2D eigenvalue weighted by Crippen LogP contribution is -2.49. The van der Waals surface area contributed by atoms with E-state index in [0.717, 1.165) is 4.88 Å². The van der Waals surface area contributed by atoms with E-state index >= 15 is 0 Å². The number of amides is 2. The molecular formula is C13H18N2O4S. The summed E-state index contributed by atoms with van der Waals surface area (Å²) >= 11 is 1.62. The van der Waals surface area contributed by atoms with Crippen molar-refractivity contribution >= 4 is 23.3 Å². The zero-order valence-electron chi connectivity index (χ0n) is 11.2. The number of aliphatic hydroxyl groups is 1. The van der Waals surface area contributed by atoms with Crippen LogP contribution in [0.4, 0.5) is 4.79 Å². The Morgan fingerprint density at radius 1 is 1.60 bits per heavy atom. The summed E-state index contributed by atoms with van der Waals surface area (Å²) < 4.78 is 0. The third kappa shape index (κ3) is 3.49. The molecule has 2 rings (SSSR count). The predicted octanol–water partition coefficient (Wildman–Crippen LogP) is 0.908. The second kappa shape index (κ2) is 6.23. The Morgan fingerprint density at radius 2 is 2.35 bits per heavy atom. The van der Waals surface area contributed by atoms with Gasteiger partial charge in [0.05, 0.1) is 6.10 Å². The Hall–Kier alpha value is -1.60. The fourth-order valence-electron chi connectivity index (χ4n) is 2.35. The molecule has 0 aliphatic carbocycles. The molecule has 1 aromatic rings. The molecule has 1 aliphatic rings. The number of aliphatic carboxylic acids is 1. The predicted molar refractivity (Wildman–Crippen MR) is 74.8 cm³/mol. The summed E-state index contributed by atoms with van der Waals surface area (Å²) in [4.78, 5) is 25.5. The number of β-amino-alcohol motifs (C(OH)–C–C–N with tert-alkyl or cyclic N) is 1. The fourth-order valence-corrected chi connectivity index (χ4v) is 3.18. The summed E-state index contributed by atoms with van der Waals surface area (Å²) in [6.07, 6.45) is 0.0222. The van der Waals surface area contributed by atoms with Gasteiger partial charge in [0.15, 0.2) is 0 Å². The number of nitrogens with one attached hydrogen (secondary N) is 1. The number of carbonyl (C=O) groups excluding carboxylic acids is 1. The summed E-state index contributed by atoms with van der Waals surface area (Å²) in [5.74, 6) is -1.08. The third-order valence-corrected chi connectivity index (χ3v) is 4.18. The number of hydrogen-bond acceptors (Lipinski definition) is 4. The third-order valence-electron chi connectivity index (χ3n) is 3.28. The highest BCUT2D eigenvalue weighted by Crippen LogP contribution is 2.18. The molecule has 0 spiro atoms.